The van der Waals surface area contributed by atoms with E-state index in [2.05, 4.69) is 28.8 Å². The van der Waals surface area contributed by atoms with Crippen LogP contribution in [0.4, 0.5) is 0 Å². The van der Waals surface area contributed by atoms with E-state index in [1.165, 1.54) is 0 Å². The van der Waals surface area contributed by atoms with E-state index < -0.39 is 0 Å². The van der Waals surface area contributed by atoms with E-state index >= 15 is 0 Å². The number of pyridine rings is 1. The highest BCUT2D eigenvalue weighted by molar-refractivity contribution is 5.79. The van der Waals surface area contributed by atoms with Gasteiger partial charge in [-0.15, -0.1) is 0 Å². The molecular weight excluding hydrogens is 162 g/mol. The summed E-state index contributed by atoms with van der Waals surface area (Å²) in [4.78, 5) is 12.5. The highest BCUT2D eigenvalue weighted by Crippen LogP contribution is 2.19. The second-order valence-corrected chi connectivity index (χ2v) is 3.31. The van der Waals surface area contributed by atoms with Crippen molar-refractivity contribution in [2.75, 3.05) is 0 Å². The topological polar surface area (TPSA) is 38.7 Å². The summed E-state index contributed by atoms with van der Waals surface area (Å²) in [5.41, 5.74) is 2.03. The zero-order valence-electron chi connectivity index (χ0n) is 7.73. The van der Waals surface area contributed by atoms with Gasteiger partial charge in [-0.05, 0) is 12.0 Å². The van der Waals surface area contributed by atoms with Crippen molar-refractivity contribution in [3.05, 3.63) is 30.5 Å². The molecule has 0 saturated heterocycles. The molecule has 2 aromatic rings. The van der Waals surface area contributed by atoms with E-state index in [1.54, 1.807) is 12.5 Å². The average molecular weight is 173 g/mol. The Morgan fingerprint density at radius 2 is 2.08 bits per heavy atom. The van der Waals surface area contributed by atoms with Crippen LogP contribution in [0.2, 0.25) is 0 Å². The molecule has 0 bridgehead atoms. The smallest absolute Gasteiger partial charge is 0.116 e. The Morgan fingerprint density at radius 1 is 1.23 bits per heavy atom. The first-order valence-electron chi connectivity index (χ1n) is 4.33. The van der Waals surface area contributed by atoms with Gasteiger partial charge in [0.2, 0.25) is 0 Å². The number of rotatable bonds is 1. The lowest BCUT2D eigenvalue weighted by Crippen LogP contribution is -1.95. The predicted molar refractivity (Wildman–Crippen MR) is 51.4 cm³/mol. The molecule has 0 atom stereocenters. The first-order valence-corrected chi connectivity index (χ1v) is 4.33. The normalized spacial score (nSPS) is 11.0. The predicted octanol–water partition coefficient (Wildman–Crippen LogP) is 2.15. The fraction of sp³-hybridized carbons (Fsp3) is 0.300. The molecule has 0 aliphatic carbocycles. The highest BCUT2D eigenvalue weighted by atomic mass is 14.8. The van der Waals surface area contributed by atoms with Crippen molar-refractivity contribution >= 4 is 10.9 Å². The van der Waals surface area contributed by atoms with Crippen LogP contribution in [0, 0.1) is 0 Å². The summed E-state index contributed by atoms with van der Waals surface area (Å²) >= 11 is 0. The first-order chi connectivity index (χ1) is 6.29. The van der Waals surface area contributed by atoms with E-state index in [0.717, 1.165) is 16.6 Å². The van der Waals surface area contributed by atoms with Crippen LogP contribution in [0.25, 0.3) is 10.9 Å². The summed E-state index contributed by atoms with van der Waals surface area (Å²) in [5, 5.41) is 1.06. The molecular formula is C10H11N3. The zero-order chi connectivity index (χ0) is 9.26. The van der Waals surface area contributed by atoms with Gasteiger partial charge in [0.05, 0.1) is 11.2 Å². The molecule has 13 heavy (non-hydrogen) atoms. The van der Waals surface area contributed by atoms with Gasteiger partial charge in [0.15, 0.2) is 0 Å². The van der Waals surface area contributed by atoms with E-state index in [-0.39, 0.29) is 0 Å². The van der Waals surface area contributed by atoms with Gasteiger partial charge in [-0.3, -0.25) is 4.98 Å². The van der Waals surface area contributed by atoms with E-state index in [9.17, 15) is 0 Å². The Bertz CT molecular complexity index is 418. The van der Waals surface area contributed by atoms with Crippen LogP contribution in [-0.4, -0.2) is 15.0 Å². The van der Waals surface area contributed by atoms with E-state index in [4.69, 9.17) is 0 Å². The Kier molecular flexibility index (Phi) is 1.93. The minimum absolute atomic E-state index is 0.412. The first kappa shape index (κ1) is 8.10. The van der Waals surface area contributed by atoms with Crippen LogP contribution >= 0.6 is 0 Å². The quantitative estimate of drug-likeness (QED) is 0.663. The molecule has 0 unspecified atom stereocenters. The van der Waals surface area contributed by atoms with Crippen LogP contribution in [0.3, 0.4) is 0 Å². The highest BCUT2D eigenvalue weighted by Gasteiger charge is 2.06. The van der Waals surface area contributed by atoms with Gasteiger partial charge in [0.1, 0.15) is 6.33 Å². The number of nitrogens with zero attached hydrogens (tertiary/aromatic N) is 3. The van der Waals surface area contributed by atoms with Crippen molar-refractivity contribution in [3.63, 3.8) is 0 Å². The molecule has 0 fully saturated rings. The van der Waals surface area contributed by atoms with E-state index in [0.29, 0.717) is 5.92 Å². The largest absolute Gasteiger partial charge is 0.264 e. The lowest BCUT2D eigenvalue weighted by molar-refractivity contribution is 0.828. The maximum atomic E-state index is 4.26. The van der Waals surface area contributed by atoms with Gasteiger partial charge in [-0.25, -0.2) is 9.97 Å². The van der Waals surface area contributed by atoms with Crippen molar-refractivity contribution in [1.29, 1.82) is 0 Å². The van der Waals surface area contributed by atoms with Crippen LogP contribution < -0.4 is 0 Å². The van der Waals surface area contributed by atoms with Crippen LogP contribution in [0.15, 0.2) is 24.8 Å². The molecule has 2 heterocycles. The van der Waals surface area contributed by atoms with Gasteiger partial charge < -0.3 is 0 Å². The number of aromatic nitrogens is 3. The molecule has 0 aromatic carbocycles. The Labute approximate surface area is 76.9 Å². The van der Waals surface area contributed by atoms with Crippen LogP contribution in [-0.2, 0) is 0 Å². The van der Waals surface area contributed by atoms with Gasteiger partial charge in [0, 0.05) is 17.8 Å². The Morgan fingerprint density at radius 3 is 2.85 bits per heavy atom. The third-order valence-electron chi connectivity index (χ3n) is 2.01. The molecule has 0 aliphatic rings. The molecule has 0 spiro atoms. The molecule has 0 N–H and O–H groups in total. The number of hydrogen-bond donors (Lipinski definition) is 0. The fourth-order valence-corrected chi connectivity index (χ4v) is 1.38. The minimum atomic E-state index is 0.412. The zero-order valence-corrected chi connectivity index (χ0v) is 7.73. The lowest BCUT2D eigenvalue weighted by atomic mass is 10.1. The summed E-state index contributed by atoms with van der Waals surface area (Å²) in [6.45, 7) is 4.24. The van der Waals surface area contributed by atoms with Crippen molar-refractivity contribution < 1.29 is 0 Å². The van der Waals surface area contributed by atoms with E-state index in [1.807, 2.05) is 12.3 Å². The van der Waals surface area contributed by atoms with Crippen molar-refractivity contribution in [2.45, 2.75) is 19.8 Å². The van der Waals surface area contributed by atoms with Crippen LogP contribution in [0.5, 0.6) is 0 Å². The van der Waals surface area contributed by atoms with Gasteiger partial charge in [-0.1, -0.05) is 13.8 Å². The lowest BCUT2D eigenvalue weighted by Gasteiger charge is -2.06. The fourth-order valence-electron chi connectivity index (χ4n) is 1.38. The monoisotopic (exact) mass is 173 g/mol. The van der Waals surface area contributed by atoms with Crippen LogP contribution in [0.1, 0.15) is 25.5 Å². The number of hydrogen-bond acceptors (Lipinski definition) is 3. The SMILES string of the molecule is CC(C)c1ncnc2ccncc12. The summed E-state index contributed by atoms with van der Waals surface area (Å²) < 4.78 is 0. The third-order valence-corrected chi connectivity index (χ3v) is 2.01. The number of fused-ring (bicyclic) bond motifs is 1. The van der Waals surface area contributed by atoms with Gasteiger partial charge in [0.25, 0.3) is 0 Å². The summed E-state index contributed by atoms with van der Waals surface area (Å²) in [7, 11) is 0. The molecule has 0 amide bonds. The standard InChI is InChI=1S/C10H11N3/c1-7(2)10-8-5-11-4-3-9(8)12-6-13-10/h3-7H,1-2H3. The van der Waals surface area contributed by atoms with Gasteiger partial charge in [-0.2, -0.15) is 0 Å². The van der Waals surface area contributed by atoms with Crippen molar-refractivity contribution in [1.82, 2.24) is 15.0 Å². The summed E-state index contributed by atoms with van der Waals surface area (Å²) in [6, 6.07) is 1.91. The van der Waals surface area contributed by atoms with Crippen molar-refractivity contribution in [3.8, 4) is 0 Å². The Hall–Kier alpha value is -1.51. The molecule has 0 radical (unpaired) electrons. The third kappa shape index (κ3) is 1.37. The molecule has 0 aliphatic heterocycles. The summed E-state index contributed by atoms with van der Waals surface area (Å²) in [6.07, 6.45) is 5.18. The molecule has 2 rings (SSSR count). The Balaban J connectivity index is 2.76. The van der Waals surface area contributed by atoms with Gasteiger partial charge >= 0.3 is 0 Å². The maximum absolute atomic E-state index is 4.26. The average Bonchev–Trinajstić information content (AvgIpc) is 2.17. The minimum Gasteiger partial charge on any atom is -0.264 e. The maximum Gasteiger partial charge on any atom is 0.116 e. The molecule has 3 heteroatoms. The molecule has 0 saturated carbocycles. The summed E-state index contributed by atoms with van der Waals surface area (Å²) in [5.74, 6) is 0.412. The molecule has 2 aromatic heterocycles. The molecule has 3 nitrogen and oxygen atoms in total. The molecule has 66 valence electrons. The second kappa shape index (κ2) is 3.09. The second-order valence-electron chi connectivity index (χ2n) is 3.31. The van der Waals surface area contributed by atoms with Crippen molar-refractivity contribution in [2.24, 2.45) is 0 Å².